The highest BCUT2D eigenvalue weighted by Crippen LogP contribution is 2.42. The van der Waals surface area contributed by atoms with Crippen molar-refractivity contribution in [3.8, 4) is 0 Å². The van der Waals surface area contributed by atoms with Crippen LogP contribution in [-0.2, 0) is 11.3 Å². The molecule has 230 valence electrons. The molecule has 0 unspecified atom stereocenters. The highest BCUT2D eigenvalue weighted by atomic mass is 19.3. The van der Waals surface area contributed by atoms with Crippen LogP contribution in [0.15, 0.2) is 53.5 Å². The third-order valence-electron chi connectivity index (χ3n) is 7.23. The zero-order valence-corrected chi connectivity index (χ0v) is 24.3. The van der Waals surface area contributed by atoms with Gasteiger partial charge in [-0.2, -0.15) is 13.8 Å². The summed E-state index contributed by atoms with van der Waals surface area (Å²) in [5.74, 6) is -3.73. The van der Waals surface area contributed by atoms with Crippen molar-refractivity contribution in [3.63, 3.8) is 0 Å². The van der Waals surface area contributed by atoms with Gasteiger partial charge in [0.2, 0.25) is 6.23 Å². The van der Waals surface area contributed by atoms with E-state index in [1.165, 1.54) is 0 Å². The Morgan fingerprint density at radius 2 is 1.63 bits per heavy atom. The number of benzene rings is 2. The Morgan fingerprint density at radius 1 is 1.07 bits per heavy atom. The molecule has 2 aromatic carbocycles. The number of rotatable bonds is 8. The molecule has 0 aliphatic carbocycles. The number of Topliss-reactive ketones (excluding diaryl/α,β-unsaturated/α-hetero) is 2. The second-order valence-electron chi connectivity index (χ2n) is 10.7. The quantitative estimate of drug-likeness (QED) is 0.223. The Balaban J connectivity index is 0.000000208. The fraction of sp³-hybridized carbons (Fsp3) is 0.400. The summed E-state index contributed by atoms with van der Waals surface area (Å²) in [7, 11) is 0. The highest BCUT2D eigenvalue weighted by Gasteiger charge is 2.59. The van der Waals surface area contributed by atoms with E-state index in [9.17, 15) is 28.3 Å². The molecule has 3 atom stereocenters. The van der Waals surface area contributed by atoms with Crippen LogP contribution in [0, 0.1) is 0 Å². The minimum atomic E-state index is -3.71. The Morgan fingerprint density at radius 3 is 2.07 bits per heavy atom. The van der Waals surface area contributed by atoms with E-state index in [4.69, 9.17) is 15.6 Å². The van der Waals surface area contributed by atoms with E-state index < -0.39 is 36.7 Å². The first-order valence-electron chi connectivity index (χ1n) is 13.7. The van der Waals surface area contributed by atoms with E-state index >= 15 is 0 Å². The van der Waals surface area contributed by atoms with Gasteiger partial charge in [-0.3, -0.25) is 14.2 Å². The lowest BCUT2D eigenvalue weighted by Crippen LogP contribution is -2.41. The fourth-order valence-corrected chi connectivity index (χ4v) is 4.97. The molecule has 1 aliphatic rings. The van der Waals surface area contributed by atoms with Crippen LogP contribution in [0.5, 0.6) is 0 Å². The molecule has 5 N–H and O–H groups in total. The fourth-order valence-electron chi connectivity index (χ4n) is 4.97. The number of carbonyl (C=O) groups excluding carboxylic acids is 2. The maximum absolute atomic E-state index is 13.7. The van der Waals surface area contributed by atoms with Gasteiger partial charge in [0.05, 0.1) is 6.61 Å². The number of fused-ring (bicyclic) bond motifs is 3. The summed E-state index contributed by atoms with van der Waals surface area (Å²) < 4.78 is 35.0. The van der Waals surface area contributed by atoms with Gasteiger partial charge in [-0.25, -0.2) is 4.79 Å². The van der Waals surface area contributed by atoms with Crippen molar-refractivity contribution in [2.75, 3.05) is 18.9 Å². The molecule has 0 amide bonds. The number of ketones is 2. The molecule has 2 aromatic heterocycles. The van der Waals surface area contributed by atoms with E-state index in [1.807, 2.05) is 36.4 Å². The molecule has 5 rings (SSSR count). The van der Waals surface area contributed by atoms with Crippen molar-refractivity contribution in [1.82, 2.24) is 19.4 Å². The predicted octanol–water partition coefficient (Wildman–Crippen LogP) is 2.91. The summed E-state index contributed by atoms with van der Waals surface area (Å²) in [6, 6.07) is 13.2. The van der Waals surface area contributed by atoms with E-state index in [2.05, 4.69) is 28.7 Å². The van der Waals surface area contributed by atoms with Crippen molar-refractivity contribution in [2.24, 2.45) is 0 Å². The Labute approximate surface area is 245 Å². The second-order valence-corrected chi connectivity index (χ2v) is 10.7. The molecule has 0 bridgehead atoms. The number of alkyl halides is 2. The van der Waals surface area contributed by atoms with Gasteiger partial charge in [0.15, 0.2) is 17.7 Å². The van der Waals surface area contributed by atoms with Crippen LogP contribution in [0.3, 0.4) is 0 Å². The standard InChI is InChI=1S/C21H24N2O2.C9H11F2N3O4/c1-13(2)22-9-10-23-20-7-5-16(14(3)24)11-18(20)19-12-17(15(4)25)6-8-21(19)23;10-9(11)6(16)4(3-15)18-7(9)14-2-1-5(12)13-8(14)17/h5-8,11-13,22H,9-10H2,1-4H3;1-2,4,6-7,15-16H,3H2,(H2,12,13,17)/t;4-,6-,7-/m.1/s1. The topological polar surface area (TPSA) is 162 Å². The lowest BCUT2D eigenvalue weighted by atomic mass is 10.0. The van der Waals surface area contributed by atoms with Gasteiger partial charge in [-0.05, 0) is 56.3 Å². The lowest BCUT2D eigenvalue weighted by Gasteiger charge is -2.20. The van der Waals surface area contributed by atoms with Crippen LogP contribution in [-0.4, -0.2) is 73.2 Å². The molecule has 1 saturated heterocycles. The lowest BCUT2D eigenvalue weighted by molar-refractivity contribution is -0.140. The van der Waals surface area contributed by atoms with Gasteiger partial charge in [-0.15, -0.1) is 0 Å². The average molecular weight is 600 g/mol. The first-order chi connectivity index (χ1) is 20.3. The van der Waals surface area contributed by atoms with E-state index in [0.717, 1.165) is 47.2 Å². The highest BCUT2D eigenvalue weighted by molar-refractivity contribution is 6.12. The largest absolute Gasteiger partial charge is 0.394 e. The van der Waals surface area contributed by atoms with Gasteiger partial charge >= 0.3 is 11.6 Å². The zero-order chi connectivity index (χ0) is 31.6. The number of aliphatic hydroxyl groups is 2. The number of hydrogen-bond acceptors (Lipinski definition) is 9. The first kappa shape index (κ1) is 31.9. The normalized spacial score (nSPS) is 19.5. The first-order valence-corrected chi connectivity index (χ1v) is 13.7. The smallest absolute Gasteiger partial charge is 0.351 e. The summed E-state index contributed by atoms with van der Waals surface area (Å²) in [6.07, 6.45) is -4.69. The summed E-state index contributed by atoms with van der Waals surface area (Å²) in [4.78, 5) is 38.3. The van der Waals surface area contributed by atoms with E-state index in [-0.39, 0.29) is 17.4 Å². The van der Waals surface area contributed by atoms with Crippen LogP contribution in [0.4, 0.5) is 14.6 Å². The molecular formula is C30H35F2N5O6. The van der Waals surface area contributed by atoms with Gasteiger partial charge in [0.1, 0.15) is 11.9 Å². The molecule has 1 fully saturated rings. The Kier molecular flexibility index (Phi) is 9.40. The number of nitrogens with one attached hydrogen (secondary N) is 1. The van der Waals surface area contributed by atoms with Crippen molar-refractivity contribution < 1.29 is 33.3 Å². The summed E-state index contributed by atoms with van der Waals surface area (Å²) in [5.41, 5.74) is 7.78. The Bertz CT molecular complexity index is 1650. The number of ether oxygens (including phenoxy) is 1. The Hall–Kier alpha value is -4.04. The number of aromatic nitrogens is 3. The minimum absolute atomic E-state index is 0.0481. The van der Waals surface area contributed by atoms with Gasteiger partial charge in [-0.1, -0.05) is 13.8 Å². The SMILES string of the molecule is CC(=O)c1ccc2c(c1)c1cc(C(C)=O)ccc1n2CCNC(C)C.Nc1ccn([C@@H]2O[C@H](CO)[C@@H](O)C2(F)F)c(=O)n1. The van der Waals surface area contributed by atoms with E-state index in [0.29, 0.717) is 21.7 Å². The zero-order valence-electron chi connectivity index (χ0n) is 24.3. The molecule has 0 radical (unpaired) electrons. The van der Waals surface area contributed by atoms with Crippen LogP contribution in [0.2, 0.25) is 0 Å². The van der Waals surface area contributed by atoms with Crippen LogP contribution in [0.25, 0.3) is 21.8 Å². The van der Waals surface area contributed by atoms with Crippen molar-refractivity contribution in [1.29, 1.82) is 0 Å². The van der Waals surface area contributed by atoms with Crippen LogP contribution >= 0.6 is 0 Å². The molecule has 11 nitrogen and oxygen atoms in total. The van der Waals surface area contributed by atoms with Crippen molar-refractivity contribution >= 4 is 39.2 Å². The molecule has 0 spiro atoms. The molecule has 1 aliphatic heterocycles. The van der Waals surface area contributed by atoms with Crippen molar-refractivity contribution in [3.05, 3.63) is 70.3 Å². The molecule has 3 heterocycles. The maximum Gasteiger partial charge on any atom is 0.351 e. The number of nitrogen functional groups attached to an aromatic ring is 1. The predicted molar refractivity (Wildman–Crippen MR) is 157 cm³/mol. The number of anilines is 1. The van der Waals surface area contributed by atoms with Crippen molar-refractivity contribution in [2.45, 2.75) is 64.6 Å². The third-order valence-corrected chi connectivity index (χ3v) is 7.23. The van der Waals surface area contributed by atoms with Gasteiger partial charge in [0.25, 0.3) is 0 Å². The van der Waals surface area contributed by atoms with E-state index in [1.54, 1.807) is 13.8 Å². The number of nitrogens with two attached hydrogens (primary N) is 1. The maximum atomic E-state index is 13.7. The number of hydrogen-bond donors (Lipinski definition) is 4. The van der Waals surface area contributed by atoms with Gasteiger partial charge in [0, 0.05) is 58.3 Å². The number of halogens is 2. The molecule has 0 saturated carbocycles. The van der Waals surface area contributed by atoms with Crippen LogP contribution in [0.1, 0.15) is 54.6 Å². The van der Waals surface area contributed by atoms with Gasteiger partial charge < -0.3 is 30.6 Å². The molecular weight excluding hydrogens is 564 g/mol. The summed E-state index contributed by atoms with van der Waals surface area (Å²) in [5, 5.41) is 23.6. The molecule has 13 heteroatoms. The summed E-state index contributed by atoms with van der Waals surface area (Å²) >= 11 is 0. The van der Waals surface area contributed by atoms with Crippen LogP contribution < -0.4 is 16.7 Å². The number of carbonyl (C=O) groups is 2. The molecule has 4 aromatic rings. The summed E-state index contributed by atoms with van der Waals surface area (Å²) in [6.45, 7) is 8.32. The second kappa shape index (κ2) is 12.7. The minimum Gasteiger partial charge on any atom is -0.394 e. The third kappa shape index (κ3) is 6.49. The monoisotopic (exact) mass is 599 g/mol. The molecule has 43 heavy (non-hydrogen) atoms. The average Bonchev–Trinajstić information content (AvgIpc) is 3.38. The number of nitrogens with zero attached hydrogens (tertiary/aromatic N) is 3. The number of aliphatic hydroxyl groups excluding tert-OH is 2.